The van der Waals surface area contributed by atoms with Crippen LogP contribution in [0.4, 0.5) is 0 Å². The minimum Gasteiger partial charge on any atom is -0.490 e. The molecular weight excluding hydrogens is 204 g/mol. The maximum atomic E-state index is 11.5. The topological polar surface area (TPSA) is 50.7 Å². The summed E-state index contributed by atoms with van der Waals surface area (Å²) in [5, 5.41) is 2.72. The monoisotopic (exact) mass is 218 g/mol. The third-order valence-corrected chi connectivity index (χ3v) is 1.84. The minimum absolute atomic E-state index is 0.176. The van der Waals surface area contributed by atoms with Gasteiger partial charge in [-0.05, 0) is 5.56 Å². The Balaban J connectivity index is 2.71. The van der Waals surface area contributed by atoms with Gasteiger partial charge in [0.25, 0.3) is 0 Å². The molecule has 1 N–H and O–H groups in total. The number of rotatable bonds is 4. The lowest BCUT2D eigenvalue weighted by Gasteiger charge is -2.00. The molecule has 1 rings (SSSR count). The molecule has 4 heteroatoms. The molecule has 0 saturated carbocycles. The molecule has 0 atom stereocenters. The van der Waals surface area contributed by atoms with Crippen molar-refractivity contribution in [2.24, 2.45) is 4.99 Å². The molecule has 0 aliphatic rings. The third kappa shape index (κ3) is 3.57. The Morgan fingerprint density at radius 1 is 1.38 bits per heavy atom. The van der Waals surface area contributed by atoms with E-state index in [1.165, 1.54) is 19.5 Å². The summed E-state index contributed by atoms with van der Waals surface area (Å²) in [6.07, 6.45) is 2.97. The number of methoxy groups -OCH3 is 1. The van der Waals surface area contributed by atoms with Gasteiger partial charge in [0.2, 0.25) is 5.76 Å². The van der Waals surface area contributed by atoms with E-state index >= 15 is 0 Å². The highest BCUT2D eigenvalue weighted by atomic mass is 16.5. The number of carbonyl (C=O) groups excluding carboxylic acids is 1. The van der Waals surface area contributed by atoms with E-state index in [1.807, 2.05) is 30.3 Å². The number of nitrogens with one attached hydrogen (secondary N) is 1. The fraction of sp³-hybridized carbons (Fsp3) is 0.167. The molecule has 0 fully saturated rings. The fourth-order valence-corrected chi connectivity index (χ4v) is 1.07. The van der Waals surface area contributed by atoms with Gasteiger partial charge < -0.3 is 10.1 Å². The van der Waals surface area contributed by atoms with Gasteiger partial charge in [-0.15, -0.1) is 0 Å². The van der Waals surface area contributed by atoms with E-state index in [-0.39, 0.29) is 5.76 Å². The van der Waals surface area contributed by atoms with Crippen molar-refractivity contribution in [3.63, 3.8) is 0 Å². The molecule has 0 radical (unpaired) electrons. The molecule has 0 aromatic heterocycles. The Kier molecular flexibility index (Phi) is 4.79. The molecular formula is C12H14N2O2. The van der Waals surface area contributed by atoms with Crippen LogP contribution in [0.2, 0.25) is 0 Å². The highest BCUT2D eigenvalue weighted by Crippen LogP contribution is 1.99. The Morgan fingerprint density at radius 2 is 2.06 bits per heavy atom. The smallest absolute Gasteiger partial charge is 0.313 e. The summed E-state index contributed by atoms with van der Waals surface area (Å²) in [6, 6.07) is 9.40. The van der Waals surface area contributed by atoms with Gasteiger partial charge in [0.15, 0.2) is 0 Å². The Bertz CT molecular complexity index is 397. The normalized spacial score (nSPS) is 11.5. The quantitative estimate of drug-likeness (QED) is 0.471. The van der Waals surface area contributed by atoms with Crippen LogP contribution in [-0.2, 0) is 9.53 Å². The van der Waals surface area contributed by atoms with Crippen LogP contribution >= 0.6 is 0 Å². The lowest BCUT2D eigenvalue weighted by Crippen LogP contribution is -2.06. The molecule has 1 amide bonds. The molecule has 0 bridgehead atoms. The van der Waals surface area contributed by atoms with Gasteiger partial charge >= 0.3 is 5.91 Å². The number of carbonyl (C=O) groups is 1. The second-order valence-electron chi connectivity index (χ2n) is 2.98. The molecule has 0 saturated heterocycles. The maximum absolute atomic E-state index is 11.5. The van der Waals surface area contributed by atoms with Crippen molar-refractivity contribution in [2.75, 3.05) is 14.2 Å². The van der Waals surface area contributed by atoms with Crippen LogP contribution in [0.1, 0.15) is 5.56 Å². The Morgan fingerprint density at radius 3 is 2.62 bits per heavy atom. The maximum Gasteiger partial charge on any atom is 0.313 e. The predicted molar refractivity (Wildman–Crippen MR) is 63.2 cm³/mol. The van der Waals surface area contributed by atoms with E-state index in [9.17, 15) is 4.79 Å². The lowest BCUT2D eigenvalue weighted by molar-refractivity contribution is -0.117. The van der Waals surface area contributed by atoms with Crippen LogP contribution in [0.25, 0.3) is 0 Å². The molecule has 84 valence electrons. The standard InChI is InChI=1S/C12H14N2O2/c1-13-9-11(16-2)12(15)14-8-10-6-4-3-5-7-10/h3-9,13H,1-2H3/b11-9+,14-8?. The summed E-state index contributed by atoms with van der Waals surface area (Å²) in [4.78, 5) is 15.3. The molecule has 1 aromatic rings. The van der Waals surface area contributed by atoms with Gasteiger partial charge in [-0.1, -0.05) is 30.3 Å². The van der Waals surface area contributed by atoms with Gasteiger partial charge in [0.05, 0.1) is 7.11 Å². The summed E-state index contributed by atoms with van der Waals surface area (Å²) < 4.78 is 4.88. The number of hydrogen-bond donors (Lipinski definition) is 1. The molecule has 0 spiro atoms. The van der Waals surface area contributed by atoms with Crippen LogP contribution in [-0.4, -0.2) is 26.3 Å². The average molecular weight is 218 g/mol. The van der Waals surface area contributed by atoms with Gasteiger partial charge in [-0.2, -0.15) is 0 Å². The van der Waals surface area contributed by atoms with E-state index in [2.05, 4.69) is 10.3 Å². The average Bonchev–Trinajstić information content (AvgIpc) is 2.34. The van der Waals surface area contributed by atoms with Gasteiger partial charge in [0, 0.05) is 19.5 Å². The summed E-state index contributed by atoms with van der Waals surface area (Å²) >= 11 is 0. The van der Waals surface area contributed by atoms with E-state index in [1.54, 1.807) is 7.05 Å². The zero-order chi connectivity index (χ0) is 11.8. The Labute approximate surface area is 94.7 Å². The summed E-state index contributed by atoms with van der Waals surface area (Å²) in [5.74, 6) is -0.240. The van der Waals surface area contributed by atoms with Crippen LogP contribution in [0.15, 0.2) is 47.3 Å². The number of nitrogens with zero attached hydrogens (tertiary/aromatic N) is 1. The lowest BCUT2D eigenvalue weighted by atomic mass is 10.2. The van der Waals surface area contributed by atoms with E-state index in [4.69, 9.17) is 4.74 Å². The summed E-state index contributed by atoms with van der Waals surface area (Å²) in [5.41, 5.74) is 0.871. The van der Waals surface area contributed by atoms with Crippen LogP contribution in [0.5, 0.6) is 0 Å². The number of hydrogen-bond acceptors (Lipinski definition) is 3. The number of ether oxygens (including phenoxy) is 1. The zero-order valence-electron chi connectivity index (χ0n) is 9.31. The summed E-state index contributed by atoms with van der Waals surface area (Å²) in [7, 11) is 3.12. The van der Waals surface area contributed by atoms with Crippen molar-refractivity contribution < 1.29 is 9.53 Å². The van der Waals surface area contributed by atoms with Crippen LogP contribution in [0.3, 0.4) is 0 Å². The first-order valence-corrected chi connectivity index (χ1v) is 4.83. The summed E-state index contributed by atoms with van der Waals surface area (Å²) in [6.45, 7) is 0. The van der Waals surface area contributed by atoms with Gasteiger partial charge in [-0.25, -0.2) is 4.99 Å². The predicted octanol–water partition coefficient (Wildman–Crippen LogP) is 1.34. The second kappa shape index (κ2) is 6.40. The highest BCUT2D eigenvalue weighted by molar-refractivity contribution is 5.99. The molecule has 16 heavy (non-hydrogen) atoms. The molecule has 0 aliphatic heterocycles. The first kappa shape index (κ1) is 12.0. The van der Waals surface area contributed by atoms with Crippen molar-refractivity contribution in [3.8, 4) is 0 Å². The molecule has 1 aromatic carbocycles. The SMILES string of the molecule is CN/C=C(/OC)C(=O)N=Cc1ccccc1. The Hall–Kier alpha value is -2.10. The largest absolute Gasteiger partial charge is 0.490 e. The van der Waals surface area contributed by atoms with Crippen molar-refractivity contribution in [3.05, 3.63) is 47.9 Å². The highest BCUT2D eigenvalue weighted by Gasteiger charge is 2.06. The van der Waals surface area contributed by atoms with Crippen molar-refractivity contribution >= 4 is 12.1 Å². The number of benzene rings is 1. The van der Waals surface area contributed by atoms with Gasteiger partial charge in [0.1, 0.15) is 0 Å². The van der Waals surface area contributed by atoms with E-state index in [0.717, 1.165) is 5.56 Å². The first-order chi connectivity index (χ1) is 7.77. The van der Waals surface area contributed by atoms with Crippen molar-refractivity contribution in [1.82, 2.24) is 5.32 Å². The van der Waals surface area contributed by atoms with Gasteiger partial charge in [-0.3, -0.25) is 4.79 Å². The van der Waals surface area contributed by atoms with Crippen molar-refractivity contribution in [1.29, 1.82) is 0 Å². The molecule has 0 aliphatic carbocycles. The first-order valence-electron chi connectivity index (χ1n) is 4.83. The molecule has 0 heterocycles. The van der Waals surface area contributed by atoms with E-state index < -0.39 is 5.91 Å². The van der Waals surface area contributed by atoms with E-state index in [0.29, 0.717) is 0 Å². The van der Waals surface area contributed by atoms with Crippen LogP contribution < -0.4 is 5.32 Å². The number of amides is 1. The zero-order valence-corrected chi connectivity index (χ0v) is 9.31. The fourth-order valence-electron chi connectivity index (χ4n) is 1.07. The minimum atomic E-state index is -0.416. The second-order valence-corrected chi connectivity index (χ2v) is 2.98. The third-order valence-electron chi connectivity index (χ3n) is 1.84. The van der Waals surface area contributed by atoms with Crippen LogP contribution in [0, 0.1) is 0 Å². The number of aliphatic imine (C=N–C) groups is 1. The van der Waals surface area contributed by atoms with Crippen molar-refractivity contribution in [2.45, 2.75) is 0 Å². The molecule has 4 nitrogen and oxygen atoms in total. The molecule has 0 unspecified atom stereocenters.